The molecule has 0 aromatic carbocycles. The van der Waals surface area contributed by atoms with Gasteiger partial charge >= 0.3 is 0 Å². The van der Waals surface area contributed by atoms with E-state index in [1.165, 1.54) is 6.92 Å². The largest absolute Gasteiger partial charge is 0.359 e. The Kier molecular flexibility index (Phi) is 11.2. The lowest BCUT2D eigenvalue weighted by atomic mass is 10.7. The average molecular weight is 192 g/mol. The Morgan fingerprint density at radius 1 is 1.44 bits per heavy atom. The molecule has 0 spiro atoms. The summed E-state index contributed by atoms with van der Waals surface area (Å²) in [5, 5.41) is 2.39. The summed E-state index contributed by atoms with van der Waals surface area (Å²) >= 11 is 14.4. The lowest BCUT2D eigenvalue weighted by Gasteiger charge is -1.80. The molecule has 5 heteroatoms. The van der Waals surface area contributed by atoms with Crippen LogP contribution in [-0.4, -0.2) is 17.3 Å². The van der Waals surface area contributed by atoms with Crippen LogP contribution in [0.2, 0.25) is 0 Å². The van der Waals surface area contributed by atoms with Gasteiger partial charge in [0.25, 0.3) is 0 Å². The predicted molar refractivity (Wildman–Crippen MR) is 41.1 cm³/mol. The normalized spacial score (nSPS) is 7.78. The molecule has 0 aliphatic rings. The topological polar surface area (TPSA) is 29.1 Å². The van der Waals surface area contributed by atoms with Crippen molar-refractivity contribution in [2.45, 2.75) is 11.2 Å². The highest BCUT2D eigenvalue weighted by Gasteiger charge is 1.78. The summed E-state index contributed by atoms with van der Waals surface area (Å²) in [7, 11) is 1.60. The van der Waals surface area contributed by atoms with Crippen LogP contribution >= 0.6 is 34.8 Å². The van der Waals surface area contributed by atoms with Gasteiger partial charge in [-0.2, -0.15) is 0 Å². The van der Waals surface area contributed by atoms with Crippen LogP contribution in [0.25, 0.3) is 0 Å². The minimum Gasteiger partial charge on any atom is -0.359 e. The number of nitrogens with one attached hydrogen (secondary N) is 1. The van der Waals surface area contributed by atoms with Gasteiger partial charge in [-0.05, 0) is 0 Å². The minimum absolute atomic E-state index is 0.00463. The molecule has 9 heavy (non-hydrogen) atoms. The van der Waals surface area contributed by atoms with Crippen LogP contribution in [0.5, 0.6) is 0 Å². The Labute approximate surface area is 69.5 Å². The first-order chi connectivity index (χ1) is 4.00. The molecule has 0 heterocycles. The molecular weight excluding hydrogens is 184 g/mol. The molecule has 0 saturated heterocycles. The van der Waals surface area contributed by atoms with Crippen LogP contribution in [0.1, 0.15) is 6.92 Å². The molecule has 0 bridgehead atoms. The number of amides is 1. The molecule has 0 aliphatic heterocycles. The van der Waals surface area contributed by atoms with E-state index in [1.54, 1.807) is 7.05 Å². The van der Waals surface area contributed by atoms with E-state index in [9.17, 15) is 4.79 Å². The maximum Gasteiger partial charge on any atom is 0.216 e. The summed E-state index contributed by atoms with van der Waals surface area (Å²) in [6, 6.07) is 0. The Bertz CT molecular complexity index is 73.5. The predicted octanol–water partition coefficient (Wildman–Crippen LogP) is 1.74. The number of hydrogen-bond donors (Lipinski definition) is 1. The van der Waals surface area contributed by atoms with Crippen molar-refractivity contribution in [3.05, 3.63) is 0 Å². The number of alkyl halides is 3. The molecule has 0 aromatic rings. The van der Waals surface area contributed by atoms with Crippen LogP contribution in [0, 0.1) is 0 Å². The number of carbonyl (C=O) groups is 1. The van der Waals surface area contributed by atoms with Gasteiger partial charge in [-0.3, -0.25) is 4.79 Å². The first-order valence-electron chi connectivity index (χ1n) is 2.11. The summed E-state index contributed by atoms with van der Waals surface area (Å²) in [5.41, 5.74) is 0. The highest BCUT2D eigenvalue weighted by Crippen LogP contribution is 2.03. The molecule has 0 saturated carbocycles. The van der Waals surface area contributed by atoms with Gasteiger partial charge in [-0.25, -0.2) is 0 Å². The second-order valence-electron chi connectivity index (χ2n) is 1.05. The second kappa shape index (κ2) is 8.34. The molecule has 1 amide bonds. The van der Waals surface area contributed by atoms with Gasteiger partial charge in [0.1, 0.15) is 0 Å². The molecule has 2 nitrogen and oxygen atoms in total. The second-order valence-corrected chi connectivity index (χ2v) is 3.03. The zero-order chi connectivity index (χ0) is 7.86. The van der Waals surface area contributed by atoms with Gasteiger partial charge in [0.2, 0.25) is 5.91 Å². The Morgan fingerprint density at radius 2 is 1.56 bits per heavy atom. The smallest absolute Gasteiger partial charge is 0.216 e. The first kappa shape index (κ1) is 12.1. The van der Waals surface area contributed by atoms with Crippen molar-refractivity contribution in [2.24, 2.45) is 0 Å². The fourth-order valence-corrected chi connectivity index (χ4v) is 0. The fourth-order valence-electron chi connectivity index (χ4n) is 0. The quantitative estimate of drug-likeness (QED) is 0.582. The van der Waals surface area contributed by atoms with Crippen LogP contribution in [0.3, 0.4) is 0 Å². The van der Waals surface area contributed by atoms with E-state index >= 15 is 0 Å². The number of carbonyl (C=O) groups excluding carboxylic acids is 1. The van der Waals surface area contributed by atoms with Gasteiger partial charge in [-0.1, -0.05) is 34.8 Å². The molecular formula is C4H8Cl3NO. The molecule has 0 aromatic heterocycles. The van der Waals surface area contributed by atoms with Crippen LogP contribution in [0.4, 0.5) is 0 Å². The third-order valence-corrected chi connectivity index (χ3v) is 0.352. The van der Waals surface area contributed by atoms with Crippen molar-refractivity contribution in [3.8, 4) is 0 Å². The maximum absolute atomic E-state index is 9.70. The lowest BCUT2D eigenvalue weighted by Crippen LogP contribution is -2.11. The Morgan fingerprint density at radius 3 is 1.56 bits per heavy atom. The molecule has 1 N–H and O–H groups in total. The molecule has 56 valence electrons. The highest BCUT2D eigenvalue weighted by atomic mass is 35.6. The van der Waals surface area contributed by atoms with E-state index in [-0.39, 0.29) is 5.91 Å². The van der Waals surface area contributed by atoms with E-state index in [2.05, 4.69) is 5.32 Å². The van der Waals surface area contributed by atoms with E-state index in [0.717, 1.165) is 0 Å². The molecule has 0 fully saturated rings. The molecule has 0 aliphatic carbocycles. The fraction of sp³-hybridized carbons (Fsp3) is 0.750. The monoisotopic (exact) mass is 191 g/mol. The van der Waals surface area contributed by atoms with Crippen molar-refractivity contribution in [3.63, 3.8) is 0 Å². The summed E-state index contributed by atoms with van der Waals surface area (Å²) in [5.74, 6) is 0.00463. The summed E-state index contributed by atoms with van der Waals surface area (Å²) in [6.07, 6.45) is 0. The van der Waals surface area contributed by atoms with Crippen LogP contribution < -0.4 is 5.32 Å². The molecule has 0 rings (SSSR count). The summed E-state index contributed by atoms with van der Waals surface area (Å²) in [6.45, 7) is 1.47. The van der Waals surface area contributed by atoms with Gasteiger partial charge in [0.05, 0.1) is 0 Å². The number of rotatable bonds is 0. The zero-order valence-electron chi connectivity index (χ0n) is 5.12. The highest BCUT2D eigenvalue weighted by molar-refractivity contribution is 6.63. The van der Waals surface area contributed by atoms with Gasteiger partial charge < -0.3 is 5.32 Å². The third-order valence-electron chi connectivity index (χ3n) is 0.352. The zero-order valence-corrected chi connectivity index (χ0v) is 7.39. The third kappa shape index (κ3) is 61.2. The van der Waals surface area contributed by atoms with Crippen LogP contribution in [0.15, 0.2) is 0 Å². The van der Waals surface area contributed by atoms with Gasteiger partial charge in [-0.15, -0.1) is 0 Å². The van der Waals surface area contributed by atoms with E-state index in [1.807, 2.05) is 0 Å². The molecule has 0 unspecified atom stereocenters. The summed E-state index contributed by atoms with van der Waals surface area (Å²) in [4.78, 5) is 9.70. The van der Waals surface area contributed by atoms with Crippen molar-refractivity contribution >= 4 is 40.7 Å². The van der Waals surface area contributed by atoms with Gasteiger partial charge in [0.15, 0.2) is 4.30 Å². The SMILES string of the molecule is CNC(C)=O.ClC(Cl)Cl. The van der Waals surface area contributed by atoms with Gasteiger partial charge in [0, 0.05) is 14.0 Å². The van der Waals surface area contributed by atoms with Crippen molar-refractivity contribution in [1.29, 1.82) is 0 Å². The lowest BCUT2D eigenvalue weighted by molar-refractivity contribution is -0.118. The van der Waals surface area contributed by atoms with E-state index < -0.39 is 4.30 Å². The standard InChI is InChI=1S/C3H7NO.CHCl3/c1-3(5)4-2;2-1(3)4/h1-2H3,(H,4,5);1H. The van der Waals surface area contributed by atoms with E-state index in [0.29, 0.717) is 0 Å². The van der Waals surface area contributed by atoms with E-state index in [4.69, 9.17) is 34.8 Å². The Hall–Kier alpha value is 0.340. The number of hydrogen-bond acceptors (Lipinski definition) is 1. The van der Waals surface area contributed by atoms with Crippen LogP contribution in [-0.2, 0) is 4.79 Å². The number of halogens is 3. The average Bonchev–Trinajstić information content (AvgIpc) is 1.65. The van der Waals surface area contributed by atoms with Crippen molar-refractivity contribution in [1.82, 2.24) is 5.32 Å². The van der Waals surface area contributed by atoms with Crippen molar-refractivity contribution < 1.29 is 4.79 Å². The molecule has 0 radical (unpaired) electrons. The van der Waals surface area contributed by atoms with Crippen molar-refractivity contribution in [2.75, 3.05) is 7.05 Å². The molecule has 0 atom stereocenters. The maximum atomic E-state index is 9.70. The minimum atomic E-state index is -0.750. The first-order valence-corrected chi connectivity index (χ1v) is 3.42. The Balaban J connectivity index is 0. The summed E-state index contributed by atoms with van der Waals surface area (Å²) < 4.78 is -0.750.